The maximum absolute atomic E-state index is 13.2. The average Bonchev–Trinajstić information content (AvgIpc) is 3.29. The molecule has 0 aromatic heterocycles. The van der Waals surface area contributed by atoms with Gasteiger partial charge in [0.25, 0.3) is 5.91 Å². The van der Waals surface area contributed by atoms with Crippen LogP contribution in [0.4, 0.5) is 0 Å². The Morgan fingerprint density at radius 2 is 1.65 bits per heavy atom. The van der Waals surface area contributed by atoms with Crippen molar-refractivity contribution in [3.8, 4) is 5.75 Å². The maximum Gasteiger partial charge on any atom is 0.253 e. The minimum atomic E-state index is -0.330. The van der Waals surface area contributed by atoms with Gasteiger partial charge in [0.2, 0.25) is 5.91 Å². The Morgan fingerprint density at radius 1 is 0.935 bits per heavy atom. The second-order valence-electron chi connectivity index (χ2n) is 7.77. The summed E-state index contributed by atoms with van der Waals surface area (Å²) in [4.78, 5) is 28.0. The van der Waals surface area contributed by atoms with E-state index in [1.807, 2.05) is 84.9 Å². The first kappa shape index (κ1) is 20.7. The molecule has 0 saturated carbocycles. The van der Waals surface area contributed by atoms with Gasteiger partial charge in [-0.05, 0) is 35.4 Å². The van der Waals surface area contributed by atoms with Gasteiger partial charge in [-0.1, -0.05) is 60.7 Å². The Kier molecular flexibility index (Phi) is 6.32. The number of nitrogens with one attached hydrogen (secondary N) is 1. The van der Waals surface area contributed by atoms with Crippen LogP contribution in [-0.2, 0) is 11.3 Å². The molecule has 1 aliphatic rings. The lowest BCUT2D eigenvalue weighted by Crippen LogP contribution is -2.35. The number of hydrogen-bond acceptors (Lipinski definition) is 3. The summed E-state index contributed by atoms with van der Waals surface area (Å²) in [7, 11) is 1.63. The van der Waals surface area contributed by atoms with Crippen LogP contribution in [0.2, 0.25) is 0 Å². The van der Waals surface area contributed by atoms with Crippen molar-refractivity contribution in [3.05, 3.63) is 102 Å². The van der Waals surface area contributed by atoms with E-state index < -0.39 is 0 Å². The van der Waals surface area contributed by atoms with Gasteiger partial charge < -0.3 is 15.0 Å². The number of amides is 2. The van der Waals surface area contributed by atoms with E-state index >= 15 is 0 Å². The zero-order valence-electron chi connectivity index (χ0n) is 17.5. The summed E-state index contributed by atoms with van der Waals surface area (Å²) in [5.41, 5.74) is 2.68. The van der Waals surface area contributed by atoms with Crippen molar-refractivity contribution < 1.29 is 14.3 Å². The summed E-state index contributed by atoms with van der Waals surface area (Å²) in [5, 5.41) is 3.06. The fraction of sp³-hybridized carbons (Fsp3) is 0.231. The normalized spacial score (nSPS) is 17.9. The molecule has 0 bridgehead atoms. The number of hydrogen-bond donors (Lipinski definition) is 1. The Morgan fingerprint density at radius 3 is 2.35 bits per heavy atom. The molecule has 4 rings (SSSR count). The van der Waals surface area contributed by atoms with Crippen molar-refractivity contribution in [1.29, 1.82) is 0 Å². The number of carbonyl (C=O) groups excluding carboxylic acids is 2. The molecule has 31 heavy (non-hydrogen) atoms. The standard InChI is InChI=1S/C26H26N2O3/c1-31-22-14-8-13-21(15-22)23-17-28(26(30)20-11-6-3-7-12-20)18-24(23)25(29)27-16-19-9-4-2-5-10-19/h2-15,23-24H,16-18H2,1H3,(H,27,29)/t23-,24-/m0/s1. The summed E-state index contributed by atoms with van der Waals surface area (Å²) >= 11 is 0. The van der Waals surface area contributed by atoms with Gasteiger partial charge in [-0.15, -0.1) is 0 Å². The average molecular weight is 415 g/mol. The summed E-state index contributed by atoms with van der Waals surface area (Å²) < 4.78 is 5.38. The van der Waals surface area contributed by atoms with Crippen molar-refractivity contribution in [2.24, 2.45) is 5.92 Å². The fourth-order valence-corrected chi connectivity index (χ4v) is 4.12. The molecule has 2 atom stereocenters. The largest absolute Gasteiger partial charge is 0.497 e. The van der Waals surface area contributed by atoms with E-state index in [9.17, 15) is 9.59 Å². The van der Waals surface area contributed by atoms with Crippen LogP contribution in [-0.4, -0.2) is 36.9 Å². The number of methoxy groups -OCH3 is 1. The molecule has 3 aromatic carbocycles. The second kappa shape index (κ2) is 9.47. The molecule has 0 spiro atoms. The molecule has 0 radical (unpaired) electrons. The van der Waals surface area contributed by atoms with E-state index in [1.165, 1.54) is 0 Å². The second-order valence-corrected chi connectivity index (χ2v) is 7.77. The van der Waals surface area contributed by atoms with Gasteiger partial charge in [0.15, 0.2) is 0 Å². The number of rotatable bonds is 6. The summed E-state index contributed by atoms with van der Waals surface area (Å²) in [6.45, 7) is 1.34. The molecule has 1 aliphatic heterocycles. The lowest BCUT2D eigenvalue weighted by atomic mass is 9.88. The number of benzene rings is 3. The van der Waals surface area contributed by atoms with Gasteiger partial charge in [-0.3, -0.25) is 9.59 Å². The van der Waals surface area contributed by atoms with E-state index in [0.717, 1.165) is 16.9 Å². The van der Waals surface area contributed by atoms with Crippen LogP contribution < -0.4 is 10.1 Å². The Bertz CT molecular complexity index is 1040. The molecule has 0 unspecified atom stereocenters. The highest BCUT2D eigenvalue weighted by Crippen LogP contribution is 2.35. The van der Waals surface area contributed by atoms with Crippen molar-refractivity contribution >= 4 is 11.8 Å². The summed E-state index contributed by atoms with van der Waals surface area (Å²) in [6.07, 6.45) is 0. The van der Waals surface area contributed by atoms with Gasteiger partial charge in [0, 0.05) is 31.1 Å². The van der Waals surface area contributed by atoms with Gasteiger partial charge in [-0.25, -0.2) is 0 Å². The molecule has 0 aliphatic carbocycles. The topological polar surface area (TPSA) is 58.6 Å². The molecular formula is C26H26N2O3. The first-order chi connectivity index (χ1) is 15.2. The number of likely N-dealkylation sites (tertiary alicyclic amines) is 1. The third-order valence-electron chi connectivity index (χ3n) is 5.80. The molecule has 5 heteroatoms. The minimum Gasteiger partial charge on any atom is -0.497 e. The number of carbonyl (C=O) groups is 2. The van der Waals surface area contributed by atoms with Crippen LogP contribution in [0.25, 0.3) is 0 Å². The van der Waals surface area contributed by atoms with Crippen LogP contribution in [0.1, 0.15) is 27.4 Å². The van der Waals surface area contributed by atoms with E-state index in [0.29, 0.717) is 25.2 Å². The third kappa shape index (κ3) is 4.77. The minimum absolute atomic E-state index is 0.0416. The smallest absolute Gasteiger partial charge is 0.253 e. The lowest BCUT2D eigenvalue weighted by molar-refractivity contribution is -0.125. The lowest BCUT2D eigenvalue weighted by Gasteiger charge is -2.18. The molecule has 158 valence electrons. The van der Waals surface area contributed by atoms with E-state index in [4.69, 9.17) is 4.74 Å². The van der Waals surface area contributed by atoms with Crippen LogP contribution in [0.3, 0.4) is 0 Å². The maximum atomic E-state index is 13.2. The first-order valence-corrected chi connectivity index (χ1v) is 10.5. The zero-order chi connectivity index (χ0) is 21.6. The molecule has 1 saturated heterocycles. The van der Waals surface area contributed by atoms with E-state index in [2.05, 4.69) is 5.32 Å². The monoisotopic (exact) mass is 414 g/mol. The molecule has 3 aromatic rings. The van der Waals surface area contributed by atoms with Gasteiger partial charge in [0.05, 0.1) is 13.0 Å². The van der Waals surface area contributed by atoms with Crippen LogP contribution >= 0.6 is 0 Å². The Balaban J connectivity index is 1.56. The van der Waals surface area contributed by atoms with Crippen molar-refractivity contribution in [2.75, 3.05) is 20.2 Å². The van der Waals surface area contributed by atoms with Crippen molar-refractivity contribution in [3.63, 3.8) is 0 Å². The number of nitrogens with zero attached hydrogens (tertiary/aromatic N) is 1. The van der Waals surface area contributed by atoms with E-state index in [-0.39, 0.29) is 23.7 Å². The molecule has 5 nitrogen and oxygen atoms in total. The predicted octanol–water partition coefficient (Wildman–Crippen LogP) is 3.87. The van der Waals surface area contributed by atoms with Crippen LogP contribution in [0.15, 0.2) is 84.9 Å². The van der Waals surface area contributed by atoms with Gasteiger partial charge in [-0.2, -0.15) is 0 Å². The van der Waals surface area contributed by atoms with Crippen LogP contribution in [0, 0.1) is 5.92 Å². The van der Waals surface area contributed by atoms with Crippen molar-refractivity contribution in [2.45, 2.75) is 12.5 Å². The first-order valence-electron chi connectivity index (χ1n) is 10.5. The Labute approximate surface area is 182 Å². The highest BCUT2D eigenvalue weighted by Gasteiger charge is 2.40. The molecule has 1 N–H and O–H groups in total. The molecule has 1 fully saturated rings. The SMILES string of the molecule is COc1cccc([C@@H]2CN(C(=O)c3ccccc3)C[C@@H]2C(=O)NCc2ccccc2)c1. The predicted molar refractivity (Wildman–Crippen MR) is 120 cm³/mol. The Hall–Kier alpha value is -3.60. The van der Waals surface area contributed by atoms with Crippen molar-refractivity contribution in [1.82, 2.24) is 10.2 Å². The van der Waals surface area contributed by atoms with Crippen LogP contribution in [0.5, 0.6) is 5.75 Å². The molecule has 2 amide bonds. The molecule has 1 heterocycles. The van der Waals surface area contributed by atoms with E-state index in [1.54, 1.807) is 12.0 Å². The highest BCUT2D eigenvalue weighted by molar-refractivity contribution is 5.95. The van der Waals surface area contributed by atoms with Gasteiger partial charge >= 0.3 is 0 Å². The summed E-state index contributed by atoms with van der Waals surface area (Å²) in [5.74, 6) is 0.225. The quantitative estimate of drug-likeness (QED) is 0.666. The molecular weight excluding hydrogens is 388 g/mol. The van der Waals surface area contributed by atoms with Gasteiger partial charge in [0.1, 0.15) is 5.75 Å². The third-order valence-corrected chi connectivity index (χ3v) is 5.80. The number of ether oxygens (including phenoxy) is 1. The zero-order valence-corrected chi connectivity index (χ0v) is 17.5. The fourth-order valence-electron chi connectivity index (χ4n) is 4.12. The highest BCUT2D eigenvalue weighted by atomic mass is 16.5. The summed E-state index contributed by atoms with van der Waals surface area (Å²) in [6, 6.07) is 26.8.